The molecule has 0 aromatic rings. The molecule has 0 rings (SSSR count). The van der Waals surface area contributed by atoms with E-state index in [0.717, 1.165) is 12.8 Å². The summed E-state index contributed by atoms with van der Waals surface area (Å²) in [6, 6.07) is 0. The minimum Gasteiger partial charge on any atom is -0.359 e. The van der Waals surface area contributed by atoms with E-state index in [1.54, 1.807) is 0 Å². The Balaban J connectivity index is 3.46. The molecular formula is C14H26N4O4. The molecule has 0 spiro atoms. The molecule has 22 heavy (non-hydrogen) atoms. The van der Waals surface area contributed by atoms with Crippen LogP contribution in [0.15, 0.2) is 0 Å². The molecule has 0 atom stereocenters. The maximum atomic E-state index is 11.4. The lowest BCUT2D eigenvalue weighted by atomic mass is 10.2. The van der Waals surface area contributed by atoms with Crippen LogP contribution >= 0.6 is 0 Å². The Labute approximate surface area is 130 Å². The van der Waals surface area contributed by atoms with Crippen molar-refractivity contribution in [2.24, 2.45) is 0 Å². The molecule has 0 bridgehead atoms. The van der Waals surface area contributed by atoms with Gasteiger partial charge in [0.2, 0.25) is 23.6 Å². The largest absolute Gasteiger partial charge is 0.359 e. The lowest BCUT2D eigenvalue weighted by Crippen LogP contribution is -2.29. The number of amides is 4. The zero-order valence-corrected chi connectivity index (χ0v) is 13.3. The van der Waals surface area contributed by atoms with Gasteiger partial charge in [-0.3, -0.25) is 19.2 Å². The first-order valence-corrected chi connectivity index (χ1v) is 7.44. The molecule has 0 unspecified atom stereocenters. The molecule has 0 saturated heterocycles. The Bertz CT molecular complexity index is 349. The number of carbonyl (C=O) groups excluding carboxylic acids is 4. The number of unbranched alkanes of at least 4 members (excludes halogenated alkanes) is 1. The SMILES string of the molecule is CNC(=O)CCC(=O)NCCCCNC(=O)CCC(=O)NC. The highest BCUT2D eigenvalue weighted by Gasteiger charge is 2.06. The molecule has 4 amide bonds. The molecule has 0 saturated carbocycles. The zero-order valence-electron chi connectivity index (χ0n) is 13.3. The van der Waals surface area contributed by atoms with Crippen LogP contribution in [0.2, 0.25) is 0 Å². The molecule has 126 valence electrons. The lowest BCUT2D eigenvalue weighted by molar-refractivity contribution is -0.126. The van der Waals surface area contributed by atoms with Gasteiger partial charge >= 0.3 is 0 Å². The van der Waals surface area contributed by atoms with E-state index in [-0.39, 0.29) is 49.3 Å². The average molecular weight is 314 g/mol. The normalized spacial score (nSPS) is 9.73. The molecule has 0 fully saturated rings. The summed E-state index contributed by atoms with van der Waals surface area (Å²) >= 11 is 0. The average Bonchev–Trinajstić information content (AvgIpc) is 2.53. The number of rotatable bonds is 11. The van der Waals surface area contributed by atoms with Gasteiger partial charge in [-0.2, -0.15) is 0 Å². The van der Waals surface area contributed by atoms with Gasteiger partial charge in [-0.15, -0.1) is 0 Å². The highest BCUT2D eigenvalue weighted by Crippen LogP contribution is 1.92. The number of hydrogen-bond donors (Lipinski definition) is 4. The highest BCUT2D eigenvalue weighted by molar-refractivity contribution is 5.84. The van der Waals surface area contributed by atoms with E-state index in [1.807, 2.05) is 0 Å². The first-order chi connectivity index (χ1) is 10.5. The van der Waals surface area contributed by atoms with E-state index < -0.39 is 0 Å². The number of nitrogens with one attached hydrogen (secondary N) is 4. The maximum absolute atomic E-state index is 11.4. The van der Waals surface area contributed by atoms with Gasteiger partial charge in [-0.25, -0.2) is 0 Å². The first kappa shape index (κ1) is 19.9. The second-order valence-electron chi connectivity index (χ2n) is 4.75. The van der Waals surface area contributed by atoms with Gasteiger partial charge in [0, 0.05) is 52.9 Å². The van der Waals surface area contributed by atoms with Gasteiger partial charge in [-0.05, 0) is 12.8 Å². The Morgan fingerprint density at radius 3 is 1.23 bits per heavy atom. The third-order valence-corrected chi connectivity index (χ3v) is 2.96. The minimum atomic E-state index is -0.158. The number of hydrogen-bond acceptors (Lipinski definition) is 4. The van der Waals surface area contributed by atoms with Crippen LogP contribution in [0.25, 0.3) is 0 Å². The van der Waals surface area contributed by atoms with Crippen molar-refractivity contribution in [2.45, 2.75) is 38.5 Å². The third kappa shape index (κ3) is 11.7. The summed E-state index contributed by atoms with van der Waals surface area (Å²) in [4.78, 5) is 44.7. The van der Waals surface area contributed by atoms with E-state index in [2.05, 4.69) is 21.3 Å². The van der Waals surface area contributed by atoms with Crippen molar-refractivity contribution in [3.05, 3.63) is 0 Å². The van der Waals surface area contributed by atoms with Crippen molar-refractivity contribution in [3.8, 4) is 0 Å². The summed E-state index contributed by atoms with van der Waals surface area (Å²) in [5.74, 6) is -0.624. The molecule has 8 heteroatoms. The third-order valence-electron chi connectivity index (χ3n) is 2.96. The summed E-state index contributed by atoms with van der Waals surface area (Å²) < 4.78 is 0. The fraction of sp³-hybridized carbons (Fsp3) is 0.714. The molecule has 4 N–H and O–H groups in total. The molecule has 0 aromatic carbocycles. The predicted octanol–water partition coefficient (Wildman–Crippen LogP) is -0.949. The van der Waals surface area contributed by atoms with Crippen LogP contribution < -0.4 is 21.3 Å². The summed E-state index contributed by atoms with van der Waals surface area (Å²) in [5, 5.41) is 10.3. The van der Waals surface area contributed by atoms with Crippen molar-refractivity contribution in [3.63, 3.8) is 0 Å². The summed E-state index contributed by atoms with van der Waals surface area (Å²) in [7, 11) is 3.06. The van der Waals surface area contributed by atoms with Crippen LogP contribution in [0.4, 0.5) is 0 Å². The molecule has 0 aromatic heterocycles. The molecular weight excluding hydrogens is 288 g/mol. The van der Waals surface area contributed by atoms with Gasteiger partial charge in [0.15, 0.2) is 0 Å². The van der Waals surface area contributed by atoms with Crippen LogP contribution in [0.5, 0.6) is 0 Å². The Kier molecular flexibility index (Phi) is 11.4. The van der Waals surface area contributed by atoms with E-state index in [0.29, 0.717) is 13.1 Å². The summed E-state index contributed by atoms with van der Waals surface area (Å²) in [6.45, 7) is 1.03. The Morgan fingerprint density at radius 1 is 0.591 bits per heavy atom. The minimum absolute atomic E-state index is 0.154. The fourth-order valence-electron chi connectivity index (χ4n) is 1.59. The topological polar surface area (TPSA) is 116 Å². The zero-order chi connectivity index (χ0) is 16.8. The quantitative estimate of drug-likeness (QED) is 0.368. The highest BCUT2D eigenvalue weighted by atomic mass is 16.2. The Hall–Kier alpha value is -2.12. The van der Waals surface area contributed by atoms with Gasteiger partial charge in [0.1, 0.15) is 0 Å². The van der Waals surface area contributed by atoms with Crippen molar-refractivity contribution >= 4 is 23.6 Å². The second kappa shape index (κ2) is 12.6. The van der Waals surface area contributed by atoms with Crippen LogP contribution in [0.3, 0.4) is 0 Å². The van der Waals surface area contributed by atoms with E-state index >= 15 is 0 Å². The van der Waals surface area contributed by atoms with Crippen LogP contribution in [0, 0.1) is 0 Å². The fourth-order valence-corrected chi connectivity index (χ4v) is 1.59. The van der Waals surface area contributed by atoms with Gasteiger partial charge in [0.05, 0.1) is 0 Å². The number of carbonyl (C=O) groups is 4. The lowest BCUT2D eigenvalue weighted by Gasteiger charge is -2.06. The van der Waals surface area contributed by atoms with Crippen molar-refractivity contribution in [2.75, 3.05) is 27.2 Å². The molecule has 0 radical (unpaired) electrons. The van der Waals surface area contributed by atoms with Crippen molar-refractivity contribution in [1.29, 1.82) is 0 Å². The van der Waals surface area contributed by atoms with Crippen LogP contribution in [0.1, 0.15) is 38.5 Å². The van der Waals surface area contributed by atoms with Gasteiger partial charge in [-0.1, -0.05) is 0 Å². The molecule has 0 aliphatic carbocycles. The van der Waals surface area contributed by atoms with E-state index in [1.165, 1.54) is 14.1 Å². The Morgan fingerprint density at radius 2 is 0.909 bits per heavy atom. The van der Waals surface area contributed by atoms with Crippen LogP contribution in [-0.4, -0.2) is 50.8 Å². The van der Waals surface area contributed by atoms with Crippen molar-refractivity contribution < 1.29 is 19.2 Å². The molecule has 8 nitrogen and oxygen atoms in total. The second-order valence-corrected chi connectivity index (χ2v) is 4.75. The monoisotopic (exact) mass is 314 g/mol. The van der Waals surface area contributed by atoms with Gasteiger partial charge in [0.25, 0.3) is 0 Å². The van der Waals surface area contributed by atoms with E-state index in [4.69, 9.17) is 0 Å². The first-order valence-electron chi connectivity index (χ1n) is 7.44. The van der Waals surface area contributed by atoms with Gasteiger partial charge < -0.3 is 21.3 Å². The summed E-state index contributed by atoms with van der Waals surface area (Å²) in [5.41, 5.74) is 0. The van der Waals surface area contributed by atoms with Crippen LogP contribution in [-0.2, 0) is 19.2 Å². The maximum Gasteiger partial charge on any atom is 0.220 e. The standard InChI is InChI=1S/C14H26N4O4/c1-15-11(19)5-7-13(21)17-9-3-4-10-18-14(22)8-6-12(20)16-2/h3-10H2,1-2H3,(H,15,19)(H,16,20)(H,17,21)(H,18,22). The predicted molar refractivity (Wildman–Crippen MR) is 81.9 cm³/mol. The smallest absolute Gasteiger partial charge is 0.220 e. The molecule has 0 heterocycles. The molecule has 0 aliphatic heterocycles. The van der Waals surface area contributed by atoms with Crippen molar-refractivity contribution in [1.82, 2.24) is 21.3 Å². The summed E-state index contributed by atoms with van der Waals surface area (Å²) in [6.07, 6.45) is 2.20. The van der Waals surface area contributed by atoms with E-state index in [9.17, 15) is 19.2 Å². The molecule has 0 aliphatic rings.